The molecule has 0 saturated heterocycles. The molecule has 0 aliphatic rings. The van der Waals surface area contributed by atoms with Gasteiger partial charge in [-0.2, -0.15) is 0 Å². The predicted octanol–water partition coefficient (Wildman–Crippen LogP) is 1.57. The fourth-order valence-corrected chi connectivity index (χ4v) is 0.671. The first-order valence-corrected chi connectivity index (χ1v) is 3.12. The first-order valence-electron chi connectivity index (χ1n) is 3.12. The van der Waals surface area contributed by atoms with Crippen LogP contribution >= 0.6 is 0 Å². The maximum absolute atomic E-state index is 7.52. The van der Waals surface area contributed by atoms with E-state index < -0.39 is 0 Å². The topological polar surface area (TPSA) is 27.1 Å². The molecule has 0 bridgehead atoms. The van der Waals surface area contributed by atoms with Crippen LogP contribution in [0, 0.1) is 10.8 Å². The zero-order valence-corrected chi connectivity index (χ0v) is 6.95. The molecule has 1 N–H and O–H groups in total. The van der Waals surface area contributed by atoms with Gasteiger partial charge >= 0.3 is 0 Å². The molecule has 0 radical (unpaired) electrons. The Hall–Kier alpha value is -0.530. The lowest BCUT2D eigenvalue weighted by Gasteiger charge is -2.25. The molecule has 0 aromatic heterocycles. The summed E-state index contributed by atoms with van der Waals surface area (Å²) in [6, 6.07) is 0. The molecule has 0 aliphatic heterocycles. The normalized spacial score (nSPS) is 11.2. The summed E-state index contributed by atoms with van der Waals surface area (Å²) in [6.07, 6.45) is 0. The smallest absolute Gasteiger partial charge is 0.101 e. The van der Waals surface area contributed by atoms with Gasteiger partial charge in [0.1, 0.15) is 5.84 Å². The average molecular weight is 128 g/mol. The largest absolute Gasteiger partial charge is 0.366 e. The number of amidine groups is 1. The Bertz CT molecular complexity index is 109. The molecule has 0 unspecified atom stereocenters. The van der Waals surface area contributed by atoms with Gasteiger partial charge in [0, 0.05) is 19.5 Å². The lowest BCUT2D eigenvalue weighted by atomic mass is 9.94. The summed E-state index contributed by atoms with van der Waals surface area (Å²) in [7, 11) is 3.79. The molecule has 2 nitrogen and oxygen atoms in total. The van der Waals surface area contributed by atoms with Crippen molar-refractivity contribution in [3.8, 4) is 0 Å². The van der Waals surface area contributed by atoms with Crippen LogP contribution in [-0.4, -0.2) is 24.8 Å². The van der Waals surface area contributed by atoms with Crippen LogP contribution in [0.15, 0.2) is 0 Å². The second-order valence-electron chi connectivity index (χ2n) is 3.49. The van der Waals surface area contributed by atoms with Crippen molar-refractivity contribution in [1.82, 2.24) is 4.90 Å². The van der Waals surface area contributed by atoms with E-state index in [2.05, 4.69) is 0 Å². The van der Waals surface area contributed by atoms with Gasteiger partial charge in [0.25, 0.3) is 0 Å². The van der Waals surface area contributed by atoms with Crippen LogP contribution in [-0.2, 0) is 0 Å². The lowest BCUT2D eigenvalue weighted by molar-refractivity contribution is 0.476. The molecule has 2 heteroatoms. The Morgan fingerprint density at radius 3 is 1.56 bits per heavy atom. The SMILES string of the molecule is CN(C)C(=N)C(C)(C)C. The zero-order chi connectivity index (χ0) is 7.65. The zero-order valence-electron chi connectivity index (χ0n) is 6.95. The molecule has 0 spiro atoms. The van der Waals surface area contributed by atoms with E-state index in [-0.39, 0.29) is 5.41 Å². The fraction of sp³-hybridized carbons (Fsp3) is 0.857. The van der Waals surface area contributed by atoms with Crippen LogP contribution in [0.3, 0.4) is 0 Å². The highest BCUT2D eigenvalue weighted by Crippen LogP contribution is 2.15. The third-order valence-corrected chi connectivity index (χ3v) is 1.16. The fourth-order valence-electron chi connectivity index (χ4n) is 0.671. The van der Waals surface area contributed by atoms with Crippen LogP contribution < -0.4 is 0 Å². The molecule has 0 aromatic carbocycles. The molecule has 0 heterocycles. The Morgan fingerprint density at radius 2 is 1.56 bits per heavy atom. The van der Waals surface area contributed by atoms with Crippen LogP contribution in [0.5, 0.6) is 0 Å². The third kappa shape index (κ3) is 2.49. The van der Waals surface area contributed by atoms with Crippen molar-refractivity contribution in [3.63, 3.8) is 0 Å². The van der Waals surface area contributed by atoms with Gasteiger partial charge in [-0.15, -0.1) is 0 Å². The van der Waals surface area contributed by atoms with Crippen molar-refractivity contribution in [2.75, 3.05) is 14.1 Å². The number of hydrogen-bond donors (Lipinski definition) is 1. The minimum atomic E-state index is -0.0104. The summed E-state index contributed by atoms with van der Waals surface area (Å²) in [4.78, 5) is 1.83. The first-order chi connectivity index (χ1) is 3.85. The van der Waals surface area contributed by atoms with E-state index in [0.29, 0.717) is 5.84 Å². The molecule has 0 rings (SSSR count). The van der Waals surface area contributed by atoms with Crippen molar-refractivity contribution < 1.29 is 0 Å². The van der Waals surface area contributed by atoms with Crippen molar-refractivity contribution in [3.05, 3.63) is 0 Å². The van der Waals surface area contributed by atoms with Crippen LogP contribution in [0.25, 0.3) is 0 Å². The van der Waals surface area contributed by atoms with Crippen molar-refractivity contribution in [1.29, 1.82) is 5.41 Å². The van der Waals surface area contributed by atoms with Gasteiger partial charge in [0.15, 0.2) is 0 Å². The highest BCUT2D eigenvalue weighted by molar-refractivity contribution is 5.83. The molecule has 0 amide bonds. The van der Waals surface area contributed by atoms with E-state index >= 15 is 0 Å². The average Bonchev–Trinajstić information content (AvgIpc) is 1.62. The standard InChI is InChI=1S/C7H16N2/c1-7(2,3)6(8)9(4)5/h8H,1-5H3. The third-order valence-electron chi connectivity index (χ3n) is 1.16. The molecule has 0 atom stereocenters. The number of hydrogen-bond acceptors (Lipinski definition) is 1. The number of rotatable bonds is 0. The van der Waals surface area contributed by atoms with E-state index in [1.54, 1.807) is 0 Å². The molecule has 0 saturated carbocycles. The summed E-state index contributed by atoms with van der Waals surface area (Å²) in [5.41, 5.74) is -0.0104. The minimum absolute atomic E-state index is 0.0104. The van der Waals surface area contributed by atoms with Gasteiger partial charge in [-0.25, -0.2) is 0 Å². The summed E-state index contributed by atoms with van der Waals surface area (Å²) >= 11 is 0. The molecule has 9 heavy (non-hydrogen) atoms. The Kier molecular flexibility index (Phi) is 2.24. The van der Waals surface area contributed by atoms with Crippen molar-refractivity contribution >= 4 is 5.84 Å². The number of nitrogens with zero attached hydrogens (tertiary/aromatic N) is 1. The molecular formula is C7H16N2. The molecule has 0 fully saturated rings. The summed E-state index contributed by atoms with van der Waals surface area (Å²) < 4.78 is 0. The Morgan fingerprint density at radius 1 is 1.22 bits per heavy atom. The van der Waals surface area contributed by atoms with E-state index in [9.17, 15) is 0 Å². The highest BCUT2D eigenvalue weighted by atomic mass is 15.1. The maximum atomic E-state index is 7.52. The monoisotopic (exact) mass is 128 g/mol. The second-order valence-corrected chi connectivity index (χ2v) is 3.49. The van der Waals surface area contributed by atoms with Crippen LogP contribution in [0.2, 0.25) is 0 Å². The van der Waals surface area contributed by atoms with Crippen LogP contribution in [0.1, 0.15) is 20.8 Å². The van der Waals surface area contributed by atoms with E-state index in [1.807, 2.05) is 39.8 Å². The van der Waals surface area contributed by atoms with Crippen molar-refractivity contribution in [2.24, 2.45) is 5.41 Å². The molecule has 54 valence electrons. The van der Waals surface area contributed by atoms with Gasteiger partial charge in [0.05, 0.1) is 0 Å². The van der Waals surface area contributed by atoms with Gasteiger partial charge < -0.3 is 4.90 Å². The minimum Gasteiger partial charge on any atom is -0.366 e. The van der Waals surface area contributed by atoms with Gasteiger partial charge in [-0.1, -0.05) is 20.8 Å². The van der Waals surface area contributed by atoms with E-state index in [0.717, 1.165) is 0 Å². The lowest BCUT2D eigenvalue weighted by Crippen LogP contribution is -2.32. The maximum Gasteiger partial charge on any atom is 0.101 e. The number of nitrogens with one attached hydrogen (secondary N) is 1. The molecular weight excluding hydrogens is 112 g/mol. The van der Waals surface area contributed by atoms with Gasteiger partial charge in [-0.05, 0) is 0 Å². The molecule has 0 aromatic rings. The second kappa shape index (κ2) is 2.38. The van der Waals surface area contributed by atoms with Crippen LogP contribution in [0.4, 0.5) is 0 Å². The highest BCUT2D eigenvalue weighted by Gasteiger charge is 2.17. The first kappa shape index (κ1) is 8.47. The predicted molar refractivity (Wildman–Crippen MR) is 40.9 cm³/mol. The quantitative estimate of drug-likeness (QED) is 0.389. The van der Waals surface area contributed by atoms with Crippen molar-refractivity contribution in [2.45, 2.75) is 20.8 Å². The van der Waals surface area contributed by atoms with Gasteiger partial charge in [-0.3, -0.25) is 5.41 Å². The van der Waals surface area contributed by atoms with E-state index in [4.69, 9.17) is 5.41 Å². The summed E-state index contributed by atoms with van der Waals surface area (Å²) in [5, 5.41) is 7.52. The summed E-state index contributed by atoms with van der Waals surface area (Å²) in [6.45, 7) is 6.11. The van der Waals surface area contributed by atoms with E-state index in [1.165, 1.54) is 0 Å². The van der Waals surface area contributed by atoms with Gasteiger partial charge in [0.2, 0.25) is 0 Å². The summed E-state index contributed by atoms with van der Waals surface area (Å²) in [5.74, 6) is 0.669. The molecule has 0 aliphatic carbocycles. The Labute approximate surface area is 57.4 Å². The Balaban J connectivity index is 4.06.